The minimum Gasteiger partial charge on any atom is -0.479 e. The molecule has 2 rings (SSSR count). The Balaban J connectivity index is 2.53. The Kier molecular flexibility index (Phi) is 8.38. The molecule has 0 bridgehead atoms. The zero-order valence-electron chi connectivity index (χ0n) is 17.8. The second-order valence-electron chi connectivity index (χ2n) is 7.88. The van der Waals surface area contributed by atoms with Crippen LogP contribution >= 0.6 is 0 Å². The molecular weight excluding hydrogens is 358 g/mol. The zero-order chi connectivity index (χ0) is 21.3. The Morgan fingerprint density at radius 3 is 2.00 bits per heavy atom. The van der Waals surface area contributed by atoms with Gasteiger partial charge in [0.05, 0.1) is 5.71 Å². The van der Waals surface area contributed by atoms with Gasteiger partial charge in [-0.05, 0) is 37.5 Å². The van der Waals surface area contributed by atoms with Crippen molar-refractivity contribution < 1.29 is 9.90 Å². The molecule has 0 heterocycles. The predicted molar refractivity (Wildman–Crippen MR) is 122 cm³/mol. The van der Waals surface area contributed by atoms with Gasteiger partial charge < -0.3 is 5.11 Å². The molecule has 2 aromatic rings. The SMILES string of the molecule is C=CCCC(C)C[C@@H](C)C(CC)(N=C(c1ccccc1)c1ccccc1)C(=O)O. The quantitative estimate of drug-likeness (QED) is 0.356. The van der Waals surface area contributed by atoms with Crippen molar-refractivity contribution >= 4 is 11.7 Å². The maximum absolute atomic E-state index is 12.6. The molecule has 0 aromatic heterocycles. The Hall–Kier alpha value is -2.68. The summed E-state index contributed by atoms with van der Waals surface area (Å²) < 4.78 is 0. The lowest BCUT2D eigenvalue weighted by Crippen LogP contribution is -2.44. The van der Waals surface area contributed by atoms with Crippen LogP contribution in [0.1, 0.15) is 57.6 Å². The number of allylic oxidation sites excluding steroid dienone is 1. The van der Waals surface area contributed by atoms with Crippen LogP contribution in [0.4, 0.5) is 0 Å². The second-order valence-corrected chi connectivity index (χ2v) is 7.88. The molecule has 0 saturated heterocycles. The van der Waals surface area contributed by atoms with Crippen LogP contribution in [0.25, 0.3) is 0 Å². The summed E-state index contributed by atoms with van der Waals surface area (Å²) in [6, 6.07) is 19.7. The Morgan fingerprint density at radius 1 is 1.07 bits per heavy atom. The summed E-state index contributed by atoms with van der Waals surface area (Å²) in [5.74, 6) is -0.527. The van der Waals surface area contributed by atoms with Crippen LogP contribution < -0.4 is 0 Å². The third-order valence-corrected chi connectivity index (χ3v) is 5.75. The fourth-order valence-corrected chi connectivity index (χ4v) is 3.95. The molecule has 1 N–H and O–H groups in total. The minimum absolute atomic E-state index is 0.0905. The van der Waals surface area contributed by atoms with Gasteiger partial charge in [0.25, 0.3) is 0 Å². The highest BCUT2D eigenvalue weighted by atomic mass is 16.4. The molecule has 3 nitrogen and oxygen atoms in total. The number of benzene rings is 2. The van der Waals surface area contributed by atoms with E-state index in [1.807, 2.05) is 80.6 Å². The van der Waals surface area contributed by atoms with Gasteiger partial charge in [0.15, 0.2) is 5.54 Å². The van der Waals surface area contributed by atoms with Gasteiger partial charge in [-0.3, -0.25) is 4.99 Å². The van der Waals surface area contributed by atoms with E-state index in [2.05, 4.69) is 13.5 Å². The smallest absolute Gasteiger partial charge is 0.331 e. The van der Waals surface area contributed by atoms with E-state index in [-0.39, 0.29) is 5.92 Å². The molecule has 0 spiro atoms. The van der Waals surface area contributed by atoms with Crippen LogP contribution in [0.3, 0.4) is 0 Å². The van der Waals surface area contributed by atoms with Crippen LogP contribution in [-0.2, 0) is 4.79 Å². The fourth-order valence-electron chi connectivity index (χ4n) is 3.95. The number of aliphatic imine (C=N–C) groups is 1. The second kappa shape index (κ2) is 10.8. The summed E-state index contributed by atoms with van der Waals surface area (Å²) in [7, 11) is 0. The van der Waals surface area contributed by atoms with Crippen molar-refractivity contribution in [2.45, 2.75) is 52.0 Å². The van der Waals surface area contributed by atoms with Gasteiger partial charge in [-0.1, -0.05) is 87.5 Å². The minimum atomic E-state index is -1.16. The largest absolute Gasteiger partial charge is 0.479 e. The van der Waals surface area contributed by atoms with Gasteiger partial charge >= 0.3 is 5.97 Å². The number of carbonyl (C=O) groups is 1. The van der Waals surface area contributed by atoms with Gasteiger partial charge in [0.2, 0.25) is 0 Å². The molecule has 0 aliphatic rings. The van der Waals surface area contributed by atoms with Crippen molar-refractivity contribution in [2.24, 2.45) is 16.8 Å². The van der Waals surface area contributed by atoms with E-state index in [0.29, 0.717) is 12.3 Å². The Bertz CT molecular complexity index is 772. The molecule has 0 aliphatic carbocycles. The molecule has 3 atom stereocenters. The van der Waals surface area contributed by atoms with Crippen molar-refractivity contribution in [3.8, 4) is 0 Å². The van der Waals surface area contributed by atoms with Gasteiger partial charge in [-0.25, -0.2) is 4.79 Å². The van der Waals surface area contributed by atoms with Crippen LogP contribution in [0.2, 0.25) is 0 Å². The van der Waals surface area contributed by atoms with Crippen molar-refractivity contribution in [3.05, 3.63) is 84.4 Å². The average molecular weight is 392 g/mol. The summed E-state index contributed by atoms with van der Waals surface area (Å²) in [6.45, 7) is 9.93. The molecular formula is C26H33NO2. The molecule has 29 heavy (non-hydrogen) atoms. The molecule has 0 radical (unpaired) electrons. The highest BCUT2D eigenvalue weighted by Crippen LogP contribution is 2.34. The number of carboxylic acid groups (broad SMARTS) is 1. The molecule has 2 aromatic carbocycles. The normalized spacial score (nSPS) is 15.0. The summed E-state index contributed by atoms with van der Waals surface area (Å²) in [5.41, 5.74) is 1.44. The van der Waals surface area contributed by atoms with E-state index in [9.17, 15) is 9.90 Å². The highest BCUT2D eigenvalue weighted by molar-refractivity contribution is 6.13. The Labute approximate surface area is 175 Å². The van der Waals surface area contributed by atoms with E-state index < -0.39 is 11.5 Å². The van der Waals surface area contributed by atoms with E-state index in [1.165, 1.54) is 0 Å². The lowest BCUT2D eigenvalue weighted by molar-refractivity contribution is -0.145. The van der Waals surface area contributed by atoms with E-state index in [0.717, 1.165) is 36.1 Å². The van der Waals surface area contributed by atoms with Crippen LogP contribution in [0, 0.1) is 11.8 Å². The maximum Gasteiger partial charge on any atom is 0.331 e. The monoisotopic (exact) mass is 391 g/mol. The van der Waals surface area contributed by atoms with Crippen LogP contribution in [-0.4, -0.2) is 22.3 Å². The number of rotatable bonds is 11. The van der Waals surface area contributed by atoms with Crippen LogP contribution in [0.5, 0.6) is 0 Å². The summed E-state index contributed by atoms with van der Waals surface area (Å²) in [6.07, 6.45) is 5.14. The number of nitrogens with zero attached hydrogens (tertiary/aromatic N) is 1. The maximum atomic E-state index is 12.6. The molecule has 0 saturated carbocycles. The Morgan fingerprint density at radius 2 is 1.59 bits per heavy atom. The first kappa shape index (κ1) is 22.6. The van der Waals surface area contributed by atoms with Gasteiger partial charge in [-0.2, -0.15) is 0 Å². The topological polar surface area (TPSA) is 49.7 Å². The zero-order valence-corrected chi connectivity index (χ0v) is 17.8. The standard InChI is InChI=1S/C26H33NO2/c1-5-7-14-20(3)19-21(4)26(6-2,25(28)29)27-24(22-15-10-8-11-16-22)23-17-12-9-13-18-23/h5,8-13,15-18,20-21H,1,6-7,14,19H2,2-4H3,(H,28,29)/t20?,21-,26?/m1/s1. The van der Waals surface area contributed by atoms with Gasteiger partial charge in [0, 0.05) is 11.1 Å². The average Bonchev–Trinajstić information content (AvgIpc) is 2.74. The molecule has 0 fully saturated rings. The van der Waals surface area contributed by atoms with Gasteiger partial charge in [0.1, 0.15) is 0 Å². The molecule has 2 unspecified atom stereocenters. The van der Waals surface area contributed by atoms with Crippen molar-refractivity contribution in [2.75, 3.05) is 0 Å². The first-order chi connectivity index (χ1) is 13.9. The predicted octanol–water partition coefficient (Wildman–Crippen LogP) is 6.39. The van der Waals surface area contributed by atoms with E-state index >= 15 is 0 Å². The van der Waals surface area contributed by atoms with Crippen molar-refractivity contribution in [1.82, 2.24) is 0 Å². The molecule has 0 aliphatic heterocycles. The molecule has 154 valence electrons. The van der Waals surface area contributed by atoms with Crippen LogP contribution in [0.15, 0.2) is 78.3 Å². The lowest BCUT2D eigenvalue weighted by atomic mass is 9.77. The first-order valence-electron chi connectivity index (χ1n) is 10.5. The van der Waals surface area contributed by atoms with E-state index in [1.54, 1.807) is 0 Å². The molecule has 0 amide bonds. The molecule has 3 heteroatoms. The van der Waals surface area contributed by atoms with Crippen molar-refractivity contribution in [1.29, 1.82) is 0 Å². The summed E-state index contributed by atoms with van der Waals surface area (Å²) in [5, 5.41) is 10.3. The van der Waals surface area contributed by atoms with Crippen molar-refractivity contribution in [3.63, 3.8) is 0 Å². The third-order valence-electron chi connectivity index (χ3n) is 5.75. The number of carboxylic acids is 1. The number of hydrogen-bond acceptors (Lipinski definition) is 2. The third kappa shape index (κ3) is 5.66. The fraction of sp³-hybridized carbons (Fsp3) is 0.385. The summed E-state index contributed by atoms with van der Waals surface area (Å²) in [4.78, 5) is 17.6. The summed E-state index contributed by atoms with van der Waals surface area (Å²) >= 11 is 0. The highest BCUT2D eigenvalue weighted by Gasteiger charge is 2.43. The van der Waals surface area contributed by atoms with E-state index in [4.69, 9.17) is 4.99 Å². The lowest BCUT2D eigenvalue weighted by Gasteiger charge is -2.33. The van der Waals surface area contributed by atoms with Gasteiger partial charge in [-0.15, -0.1) is 6.58 Å². The number of aliphatic carboxylic acids is 1. The number of hydrogen-bond donors (Lipinski definition) is 1. The first-order valence-corrected chi connectivity index (χ1v) is 10.5.